The molecule has 1 N–H and O–H groups in total. The van der Waals surface area contributed by atoms with Crippen LogP contribution in [-0.4, -0.2) is 29.4 Å². The van der Waals surface area contributed by atoms with E-state index in [0.29, 0.717) is 12.2 Å². The molecule has 0 heterocycles. The number of benzene rings is 1. The lowest BCUT2D eigenvalue weighted by atomic mass is 10.0. The summed E-state index contributed by atoms with van der Waals surface area (Å²) in [7, 11) is 0. The number of nitro groups is 1. The molecule has 0 radical (unpaired) electrons. The molecular weight excluding hydrogens is 368 g/mol. The maximum atomic E-state index is 12.3. The van der Waals surface area contributed by atoms with Crippen LogP contribution in [0.25, 0.3) is 0 Å². The average Bonchev–Trinajstić information content (AvgIpc) is 2.53. The molecule has 0 saturated heterocycles. The van der Waals surface area contributed by atoms with E-state index in [9.17, 15) is 19.7 Å². The minimum absolute atomic E-state index is 0.0495. The fraction of sp³-hybridized carbons (Fsp3) is 0.467. The van der Waals surface area contributed by atoms with Crippen LogP contribution < -0.4 is 5.32 Å². The van der Waals surface area contributed by atoms with E-state index in [2.05, 4.69) is 21.2 Å². The van der Waals surface area contributed by atoms with Gasteiger partial charge in [-0.15, -0.1) is 0 Å². The van der Waals surface area contributed by atoms with Crippen LogP contribution in [0.2, 0.25) is 0 Å². The lowest BCUT2D eigenvalue weighted by Crippen LogP contribution is -2.40. The highest BCUT2D eigenvalue weighted by molar-refractivity contribution is 9.09. The number of nitrogens with zero attached hydrogens (tertiary/aromatic N) is 1. The quantitative estimate of drug-likeness (QED) is 0.319. The van der Waals surface area contributed by atoms with Crippen molar-refractivity contribution >= 4 is 33.5 Å². The van der Waals surface area contributed by atoms with E-state index in [1.165, 1.54) is 24.3 Å². The van der Waals surface area contributed by atoms with Gasteiger partial charge in [-0.25, -0.2) is 4.79 Å². The van der Waals surface area contributed by atoms with Gasteiger partial charge in [0.1, 0.15) is 4.83 Å². The Morgan fingerprint density at radius 2 is 1.96 bits per heavy atom. The molecule has 126 valence electrons. The number of alkyl carbamates (subject to hydrolysis) is 1. The average molecular weight is 387 g/mol. The first kappa shape index (κ1) is 19.1. The molecule has 0 aliphatic rings. The number of halogens is 1. The Morgan fingerprint density at radius 3 is 2.48 bits per heavy atom. The molecule has 2 unspecified atom stereocenters. The van der Waals surface area contributed by atoms with Gasteiger partial charge in [-0.1, -0.05) is 41.4 Å². The molecule has 2 atom stereocenters. The van der Waals surface area contributed by atoms with Crippen molar-refractivity contribution in [2.45, 2.75) is 37.6 Å². The highest BCUT2D eigenvalue weighted by Gasteiger charge is 2.25. The monoisotopic (exact) mass is 386 g/mol. The van der Waals surface area contributed by atoms with E-state index in [0.717, 1.165) is 12.8 Å². The number of unbranched alkanes of at least 4 members (excludes halogenated alkanes) is 1. The number of non-ortho nitro benzene ring substituents is 1. The number of carbonyl (C=O) groups excluding carboxylic acids is 2. The first-order chi connectivity index (χ1) is 10.9. The van der Waals surface area contributed by atoms with Crippen molar-refractivity contribution in [1.82, 2.24) is 5.32 Å². The molecule has 1 aromatic rings. The van der Waals surface area contributed by atoms with Gasteiger partial charge >= 0.3 is 6.09 Å². The van der Waals surface area contributed by atoms with Gasteiger partial charge in [0.05, 0.1) is 17.6 Å². The molecule has 0 fully saturated rings. The van der Waals surface area contributed by atoms with Gasteiger partial charge in [0.15, 0.2) is 5.78 Å². The molecule has 1 rings (SSSR count). The van der Waals surface area contributed by atoms with Gasteiger partial charge in [-0.05, 0) is 18.9 Å². The Labute approximate surface area is 142 Å². The predicted octanol–water partition coefficient (Wildman–Crippen LogP) is 3.51. The predicted molar refractivity (Wildman–Crippen MR) is 88.6 cm³/mol. The maximum absolute atomic E-state index is 12.3. The Morgan fingerprint density at radius 1 is 1.35 bits per heavy atom. The van der Waals surface area contributed by atoms with Crippen molar-refractivity contribution in [2.24, 2.45) is 0 Å². The third-order valence-corrected chi connectivity index (χ3v) is 4.12. The molecule has 0 spiro atoms. The minimum atomic E-state index is -0.747. The van der Waals surface area contributed by atoms with Gasteiger partial charge in [0, 0.05) is 12.1 Å². The summed E-state index contributed by atoms with van der Waals surface area (Å²) < 4.78 is 4.94. The molecule has 1 aromatic carbocycles. The fourth-order valence-corrected chi connectivity index (χ4v) is 2.45. The number of Topliss-reactive ketones (excluding diaryl/α,β-unsaturated/α-hetero) is 1. The van der Waals surface area contributed by atoms with Crippen LogP contribution in [0.1, 0.15) is 37.1 Å². The third kappa shape index (κ3) is 5.97. The minimum Gasteiger partial charge on any atom is -0.450 e. The SMILES string of the molecule is CCCCOC(=O)NC(C)C(=O)C(Br)c1ccc([N+](=O)[O-])cc1. The summed E-state index contributed by atoms with van der Waals surface area (Å²) in [4.78, 5) is 33.3. The first-order valence-electron chi connectivity index (χ1n) is 7.22. The standard InChI is InChI=1S/C15H19BrN2O5/c1-3-4-9-23-15(20)17-10(2)14(19)13(16)11-5-7-12(8-6-11)18(21)22/h5-8,10,13H,3-4,9H2,1-2H3,(H,17,20). The summed E-state index contributed by atoms with van der Waals surface area (Å²) in [5.41, 5.74) is 0.528. The van der Waals surface area contributed by atoms with Gasteiger partial charge in [0.2, 0.25) is 0 Å². The zero-order chi connectivity index (χ0) is 17.4. The molecule has 0 aliphatic heterocycles. The number of ketones is 1. The van der Waals surface area contributed by atoms with Crippen molar-refractivity contribution < 1.29 is 19.2 Å². The smallest absolute Gasteiger partial charge is 0.407 e. The van der Waals surface area contributed by atoms with Crippen molar-refractivity contribution in [3.63, 3.8) is 0 Å². The van der Waals surface area contributed by atoms with E-state index in [-0.39, 0.29) is 11.5 Å². The molecule has 0 saturated carbocycles. The van der Waals surface area contributed by atoms with Crippen molar-refractivity contribution in [1.29, 1.82) is 0 Å². The summed E-state index contributed by atoms with van der Waals surface area (Å²) >= 11 is 3.26. The fourth-order valence-electron chi connectivity index (χ4n) is 1.75. The largest absolute Gasteiger partial charge is 0.450 e. The van der Waals surface area contributed by atoms with Gasteiger partial charge in [-0.3, -0.25) is 14.9 Å². The number of hydrogen-bond acceptors (Lipinski definition) is 5. The molecule has 7 nitrogen and oxygen atoms in total. The number of ether oxygens (including phenoxy) is 1. The second-order valence-electron chi connectivity index (χ2n) is 4.97. The maximum Gasteiger partial charge on any atom is 0.407 e. The number of amides is 1. The second-order valence-corrected chi connectivity index (χ2v) is 5.88. The zero-order valence-corrected chi connectivity index (χ0v) is 14.5. The first-order valence-corrected chi connectivity index (χ1v) is 8.13. The van der Waals surface area contributed by atoms with E-state index in [4.69, 9.17) is 4.74 Å². The Hall–Kier alpha value is -1.96. The highest BCUT2D eigenvalue weighted by Crippen LogP contribution is 2.26. The number of hydrogen-bond donors (Lipinski definition) is 1. The van der Waals surface area contributed by atoms with Crippen LogP contribution in [0.3, 0.4) is 0 Å². The summed E-state index contributed by atoms with van der Waals surface area (Å²) in [5, 5.41) is 13.1. The van der Waals surface area contributed by atoms with Gasteiger partial charge in [0.25, 0.3) is 5.69 Å². The topological polar surface area (TPSA) is 98.5 Å². The Bertz CT molecular complexity index is 561. The van der Waals surface area contributed by atoms with Crippen LogP contribution in [0.5, 0.6) is 0 Å². The summed E-state index contributed by atoms with van der Waals surface area (Å²) in [6, 6.07) is 4.91. The Balaban J connectivity index is 2.60. The summed E-state index contributed by atoms with van der Waals surface area (Å²) in [6.07, 6.45) is 1.04. The van der Waals surface area contributed by atoms with Crippen LogP contribution in [0.4, 0.5) is 10.5 Å². The number of rotatable bonds is 8. The molecule has 1 amide bonds. The van der Waals surface area contributed by atoms with E-state index >= 15 is 0 Å². The van der Waals surface area contributed by atoms with E-state index in [1.54, 1.807) is 6.92 Å². The number of carbonyl (C=O) groups is 2. The molecule has 0 aromatic heterocycles. The molecular formula is C15H19BrN2O5. The van der Waals surface area contributed by atoms with Crippen LogP contribution in [-0.2, 0) is 9.53 Å². The van der Waals surface area contributed by atoms with E-state index < -0.39 is 21.9 Å². The summed E-state index contributed by atoms with van der Waals surface area (Å²) in [5.74, 6) is -0.272. The lowest BCUT2D eigenvalue weighted by Gasteiger charge is -2.16. The molecule has 0 aliphatic carbocycles. The molecule has 8 heteroatoms. The van der Waals surface area contributed by atoms with Crippen LogP contribution in [0.15, 0.2) is 24.3 Å². The van der Waals surface area contributed by atoms with Crippen LogP contribution in [0, 0.1) is 10.1 Å². The van der Waals surface area contributed by atoms with Crippen molar-refractivity contribution in [3.05, 3.63) is 39.9 Å². The van der Waals surface area contributed by atoms with Crippen molar-refractivity contribution in [2.75, 3.05) is 6.61 Å². The third-order valence-electron chi connectivity index (χ3n) is 3.14. The normalized spacial score (nSPS) is 13.0. The molecule has 23 heavy (non-hydrogen) atoms. The van der Waals surface area contributed by atoms with Crippen LogP contribution >= 0.6 is 15.9 Å². The number of nitrogens with one attached hydrogen (secondary N) is 1. The Kier molecular flexibility index (Phi) is 7.67. The highest BCUT2D eigenvalue weighted by atomic mass is 79.9. The van der Waals surface area contributed by atoms with Gasteiger partial charge < -0.3 is 10.1 Å². The second kappa shape index (κ2) is 9.24. The van der Waals surface area contributed by atoms with E-state index in [1.807, 2.05) is 6.92 Å². The number of alkyl halides is 1. The summed E-state index contributed by atoms with van der Waals surface area (Å²) in [6.45, 7) is 3.85. The zero-order valence-electron chi connectivity index (χ0n) is 13.0. The molecule has 0 bridgehead atoms. The lowest BCUT2D eigenvalue weighted by molar-refractivity contribution is -0.384. The number of nitro benzene ring substituents is 1. The van der Waals surface area contributed by atoms with Gasteiger partial charge in [-0.2, -0.15) is 0 Å². The van der Waals surface area contributed by atoms with Crippen molar-refractivity contribution in [3.8, 4) is 0 Å².